The Morgan fingerprint density at radius 2 is 2.17 bits per heavy atom. The number of rotatable bonds is 5. The maximum Gasteiger partial charge on any atom is 0.357 e. The van der Waals surface area contributed by atoms with Gasteiger partial charge in [0, 0.05) is 0 Å². The summed E-state index contributed by atoms with van der Waals surface area (Å²) in [6.07, 6.45) is 1.63. The second kappa shape index (κ2) is 8.88. The molecule has 0 fully saturated rings. The van der Waals surface area contributed by atoms with Gasteiger partial charge in [0.2, 0.25) is 0 Å². The lowest BCUT2D eigenvalue weighted by molar-refractivity contribution is -0.364. The number of carbonyl (C=O) groups excluding carboxylic acids is 1. The number of nitrogens with zero attached hydrogens (tertiary/aromatic N) is 2. The molecule has 23 heavy (non-hydrogen) atoms. The van der Waals surface area contributed by atoms with Crippen LogP contribution in [-0.2, 0) is 4.74 Å². The number of ether oxygens (including phenoxy) is 1. The number of nitriles is 1. The Morgan fingerprint density at radius 3 is 2.78 bits per heavy atom. The molecular weight excluding hydrogens is 336 g/mol. The molecule has 0 aliphatic carbocycles. The standard InChI is InChI=1S/C15H14N4O2S.ClH/c1-3-21-14(20)13-10(2)18-15(22-13)19-17-9-12-6-4-11(8-16)5-7-12;/h4-7,9H,3H2,1-2H3,(H,18,19);1H/b17-9+;. The van der Waals surface area contributed by atoms with E-state index >= 15 is 0 Å². The van der Waals surface area contributed by atoms with Crippen LogP contribution in [0.25, 0.3) is 0 Å². The average molecular weight is 351 g/mol. The molecule has 0 saturated carbocycles. The van der Waals surface area contributed by atoms with Crippen molar-refractivity contribution in [2.24, 2.45) is 5.10 Å². The van der Waals surface area contributed by atoms with Crippen molar-refractivity contribution in [3.05, 3.63) is 46.0 Å². The number of hydrazone groups is 1. The van der Waals surface area contributed by atoms with E-state index < -0.39 is 0 Å². The highest BCUT2D eigenvalue weighted by Crippen LogP contribution is 2.19. The SMILES string of the molecule is CCOC(=O)c1sc(N/N=C/c2ccc(C#N)cc2)[nH+]c1C.[Cl-]. The first kappa shape index (κ1) is 18.6. The molecule has 0 spiro atoms. The Kier molecular flexibility index (Phi) is 7.19. The van der Waals surface area contributed by atoms with Gasteiger partial charge in [0.15, 0.2) is 4.88 Å². The summed E-state index contributed by atoms with van der Waals surface area (Å²) in [5.41, 5.74) is 5.04. The van der Waals surface area contributed by atoms with Gasteiger partial charge in [0.1, 0.15) is 5.69 Å². The van der Waals surface area contributed by atoms with E-state index in [0.29, 0.717) is 22.2 Å². The lowest BCUT2D eigenvalue weighted by atomic mass is 10.2. The summed E-state index contributed by atoms with van der Waals surface area (Å²) in [4.78, 5) is 15.3. The van der Waals surface area contributed by atoms with Gasteiger partial charge >= 0.3 is 11.1 Å². The molecule has 2 aromatic rings. The Hall–Kier alpha value is -2.43. The van der Waals surface area contributed by atoms with Crippen LogP contribution in [0, 0.1) is 18.3 Å². The molecule has 0 unspecified atom stereocenters. The maximum atomic E-state index is 11.7. The monoisotopic (exact) mass is 350 g/mol. The minimum absolute atomic E-state index is 0. The molecule has 0 saturated heterocycles. The van der Waals surface area contributed by atoms with Crippen LogP contribution in [0.4, 0.5) is 5.13 Å². The molecule has 1 heterocycles. The molecule has 0 amide bonds. The molecule has 0 aliphatic rings. The van der Waals surface area contributed by atoms with Crippen molar-refractivity contribution in [3.63, 3.8) is 0 Å². The minimum atomic E-state index is -0.342. The van der Waals surface area contributed by atoms with Gasteiger partial charge in [-0.1, -0.05) is 17.2 Å². The van der Waals surface area contributed by atoms with Crippen molar-refractivity contribution >= 4 is 28.7 Å². The molecule has 1 aromatic heterocycles. The van der Waals surface area contributed by atoms with Crippen LogP contribution >= 0.6 is 11.3 Å². The predicted octanol–water partition coefficient (Wildman–Crippen LogP) is -0.631. The number of esters is 1. The van der Waals surface area contributed by atoms with Crippen molar-refractivity contribution in [1.82, 2.24) is 0 Å². The maximum absolute atomic E-state index is 11.7. The molecule has 2 N–H and O–H groups in total. The molecule has 1 aromatic carbocycles. The van der Waals surface area contributed by atoms with E-state index in [1.54, 1.807) is 44.3 Å². The molecule has 0 atom stereocenters. The fraction of sp³-hybridized carbons (Fsp3) is 0.200. The second-order valence-corrected chi connectivity index (χ2v) is 5.36. The van der Waals surface area contributed by atoms with E-state index in [1.807, 2.05) is 0 Å². The van der Waals surface area contributed by atoms with E-state index in [2.05, 4.69) is 21.6 Å². The summed E-state index contributed by atoms with van der Waals surface area (Å²) in [5.74, 6) is -0.342. The molecule has 0 radical (unpaired) electrons. The summed E-state index contributed by atoms with van der Waals surface area (Å²) in [5, 5.41) is 13.5. The number of thiazole rings is 1. The van der Waals surface area contributed by atoms with Gasteiger partial charge in [-0.2, -0.15) is 5.26 Å². The number of hydrogen-bond donors (Lipinski definition) is 1. The van der Waals surface area contributed by atoms with Crippen molar-refractivity contribution in [3.8, 4) is 6.07 Å². The first-order chi connectivity index (χ1) is 10.6. The Bertz CT molecular complexity index is 735. The zero-order chi connectivity index (χ0) is 15.9. The van der Waals surface area contributed by atoms with E-state index in [-0.39, 0.29) is 18.4 Å². The number of aryl methyl sites for hydroxylation is 1. The highest BCUT2D eigenvalue weighted by molar-refractivity contribution is 7.17. The molecule has 8 heteroatoms. The summed E-state index contributed by atoms with van der Waals surface area (Å²) < 4.78 is 4.98. The number of nitrogens with one attached hydrogen (secondary N) is 2. The smallest absolute Gasteiger partial charge is 0.357 e. The highest BCUT2D eigenvalue weighted by Gasteiger charge is 2.19. The van der Waals surface area contributed by atoms with Crippen molar-refractivity contribution in [2.75, 3.05) is 12.0 Å². The first-order valence-electron chi connectivity index (χ1n) is 6.63. The van der Waals surface area contributed by atoms with Crippen LogP contribution < -0.4 is 22.8 Å². The zero-order valence-corrected chi connectivity index (χ0v) is 14.2. The lowest BCUT2D eigenvalue weighted by Gasteiger charge is -1.96. The summed E-state index contributed by atoms with van der Waals surface area (Å²) in [6.45, 7) is 3.92. The first-order valence-corrected chi connectivity index (χ1v) is 7.44. The normalized spacial score (nSPS) is 9.96. The van der Waals surface area contributed by atoms with Crippen LogP contribution in [0.2, 0.25) is 0 Å². The van der Waals surface area contributed by atoms with Crippen molar-refractivity contribution in [2.45, 2.75) is 13.8 Å². The van der Waals surface area contributed by atoms with E-state index in [0.717, 1.165) is 11.3 Å². The second-order valence-electron chi connectivity index (χ2n) is 4.33. The number of anilines is 1. The fourth-order valence-electron chi connectivity index (χ4n) is 1.68. The largest absolute Gasteiger partial charge is 1.00 e. The quantitative estimate of drug-likeness (QED) is 0.442. The number of hydrogen-bond acceptors (Lipinski definition) is 6. The highest BCUT2D eigenvalue weighted by atomic mass is 35.5. The van der Waals surface area contributed by atoms with Gasteiger partial charge < -0.3 is 17.1 Å². The van der Waals surface area contributed by atoms with Gasteiger partial charge in [-0.25, -0.2) is 9.78 Å². The van der Waals surface area contributed by atoms with Crippen LogP contribution in [0.5, 0.6) is 0 Å². The summed E-state index contributed by atoms with van der Waals surface area (Å²) in [6, 6.07) is 9.11. The summed E-state index contributed by atoms with van der Waals surface area (Å²) >= 11 is 1.25. The Labute approximate surface area is 144 Å². The summed E-state index contributed by atoms with van der Waals surface area (Å²) in [7, 11) is 0. The Morgan fingerprint density at radius 1 is 1.48 bits per heavy atom. The molecule has 120 valence electrons. The van der Waals surface area contributed by atoms with Gasteiger partial charge in [0.05, 0.1) is 24.5 Å². The van der Waals surface area contributed by atoms with Crippen LogP contribution in [-0.4, -0.2) is 18.8 Å². The molecule has 6 nitrogen and oxygen atoms in total. The molecular formula is C15H15ClN4O2S. The van der Waals surface area contributed by atoms with Crippen LogP contribution in [0.3, 0.4) is 0 Å². The number of H-pyrrole nitrogens is 1. The van der Waals surface area contributed by atoms with Gasteiger partial charge in [-0.3, -0.25) is 0 Å². The molecule has 2 rings (SSSR count). The van der Waals surface area contributed by atoms with Crippen molar-refractivity contribution < 1.29 is 26.9 Å². The van der Waals surface area contributed by atoms with Crippen molar-refractivity contribution in [1.29, 1.82) is 5.26 Å². The third-order valence-corrected chi connectivity index (χ3v) is 3.80. The van der Waals surface area contributed by atoms with E-state index in [4.69, 9.17) is 10.00 Å². The lowest BCUT2D eigenvalue weighted by Crippen LogP contribution is -3.00. The van der Waals surface area contributed by atoms with Gasteiger partial charge in [-0.15, -0.1) is 5.43 Å². The third kappa shape index (κ3) is 5.06. The van der Waals surface area contributed by atoms with Crippen LogP contribution in [0.1, 0.15) is 33.4 Å². The van der Waals surface area contributed by atoms with Gasteiger partial charge in [-0.05, 0) is 42.9 Å². The average Bonchev–Trinajstić information content (AvgIpc) is 2.89. The molecule has 0 aliphatic heterocycles. The number of halogens is 1. The predicted molar refractivity (Wildman–Crippen MR) is 83.9 cm³/mol. The number of benzene rings is 1. The minimum Gasteiger partial charge on any atom is -1.00 e. The van der Waals surface area contributed by atoms with Gasteiger partial charge in [0.25, 0.3) is 0 Å². The number of carbonyl (C=O) groups is 1. The molecule has 0 bridgehead atoms. The number of aromatic nitrogens is 1. The third-order valence-electron chi connectivity index (χ3n) is 2.73. The number of aromatic amines is 1. The Balaban J connectivity index is 0.00000264. The topological polar surface area (TPSA) is 88.6 Å². The fourth-order valence-corrected chi connectivity index (χ4v) is 2.54. The zero-order valence-electron chi connectivity index (χ0n) is 12.6. The van der Waals surface area contributed by atoms with E-state index in [1.165, 1.54) is 11.3 Å². The van der Waals surface area contributed by atoms with Crippen LogP contribution in [0.15, 0.2) is 29.4 Å². The van der Waals surface area contributed by atoms with E-state index in [9.17, 15) is 4.79 Å².